The van der Waals surface area contributed by atoms with Crippen LogP contribution < -0.4 is 10.1 Å². The molecule has 6 heteroatoms. The third-order valence-corrected chi connectivity index (χ3v) is 10.1. The molecule has 1 aromatic carbocycles. The molecule has 1 atom stereocenters. The summed E-state index contributed by atoms with van der Waals surface area (Å²) < 4.78 is 11.3. The van der Waals surface area contributed by atoms with Crippen molar-refractivity contribution < 1.29 is 19.1 Å². The van der Waals surface area contributed by atoms with Gasteiger partial charge in [0.1, 0.15) is 11.8 Å². The number of amides is 2. The van der Waals surface area contributed by atoms with Crippen molar-refractivity contribution >= 4 is 11.8 Å². The minimum absolute atomic E-state index is 0.0300. The Morgan fingerprint density at radius 2 is 1.67 bits per heavy atom. The van der Waals surface area contributed by atoms with E-state index in [4.69, 9.17) is 9.47 Å². The van der Waals surface area contributed by atoms with Gasteiger partial charge in [0.2, 0.25) is 11.8 Å². The first-order chi connectivity index (χ1) is 17.5. The molecule has 2 amide bonds. The number of benzene rings is 1. The Labute approximate surface area is 215 Å². The molecule has 0 spiro atoms. The Morgan fingerprint density at radius 1 is 1.03 bits per heavy atom. The van der Waals surface area contributed by atoms with Gasteiger partial charge in [0, 0.05) is 31.7 Å². The highest BCUT2D eigenvalue weighted by atomic mass is 16.5. The zero-order chi connectivity index (χ0) is 24.8. The van der Waals surface area contributed by atoms with Gasteiger partial charge in [-0.15, -0.1) is 0 Å². The average molecular weight is 495 g/mol. The molecular weight excluding hydrogens is 452 g/mol. The molecule has 1 N–H and O–H groups in total. The molecule has 4 aliphatic carbocycles. The van der Waals surface area contributed by atoms with Crippen LogP contribution in [0.15, 0.2) is 24.3 Å². The largest absolute Gasteiger partial charge is 0.494 e. The van der Waals surface area contributed by atoms with Gasteiger partial charge in [0.05, 0.1) is 12.0 Å². The second-order valence-corrected chi connectivity index (χ2v) is 12.4. The summed E-state index contributed by atoms with van der Waals surface area (Å²) in [5.74, 6) is 3.40. The number of carbonyl (C=O) groups excluding carboxylic acids is 2. The summed E-state index contributed by atoms with van der Waals surface area (Å²) in [5.41, 5.74) is 0.899. The zero-order valence-corrected chi connectivity index (χ0v) is 21.8. The van der Waals surface area contributed by atoms with Crippen molar-refractivity contribution in [1.82, 2.24) is 10.2 Å². The SMILES string of the molecule is CCOc1ccc(C2(CNC(=O)C3CCCN3C(=O)C34CC5CC(CC(C5)C3)C4)CCOCC2)cc1. The van der Waals surface area contributed by atoms with E-state index >= 15 is 0 Å². The normalized spacial score (nSPS) is 34.5. The number of carbonyl (C=O) groups is 2. The first-order valence-electron chi connectivity index (χ1n) is 14.4. The van der Waals surface area contributed by atoms with Gasteiger partial charge in [-0.3, -0.25) is 9.59 Å². The maximum absolute atomic E-state index is 14.0. The molecule has 7 rings (SSSR count). The Kier molecular flexibility index (Phi) is 6.51. The highest BCUT2D eigenvalue weighted by molar-refractivity contribution is 5.91. The van der Waals surface area contributed by atoms with Crippen molar-refractivity contribution in [2.24, 2.45) is 23.2 Å². The molecule has 196 valence electrons. The first kappa shape index (κ1) is 24.3. The molecule has 6 aliphatic rings. The fourth-order valence-corrected chi connectivity index (χ4v) is 8.73. The van der Waals surface area contributed by atoms with Crippen LogP contribution in [0.1, 0.15) is 76.7 Å². The van der Waals surface area contributed by atoms with Gasteiger partial charge in [-0.05, 0) is 107 Å². The number of hydrogen-bond donors (Lipinski definition) is 1. The van der Waals surface area contributed by atoms with E-state index in [1.54, 1.807) is 0 Å². The quantitative estimate of drug-likeness (QED) is 0.608. The molecule has 1 unspecified atom stereocenters. The van der Waals surface area contributed by atoms with Crippen molar-refractivity contribution in [1.29, 1.82) is 0 Å². The molecule has 2 saturated heterocycles. The van der Waals surface area contributed by atoms with Crippen LogP contribution in [0.2, 0.25) is 0 Å². The van der Waals surface area contributed by atoms with Gasteiger partial charge in [0.25, 0.3) is 0 Å². The minimum Gasteiger partial charge on any atom is -0.494 e. The summed E-state index contributed by atoms with van der Waals surface area (Å²) >= 11 is 0. The molecule has 6 fully saturated rings. The molecule has 2 aliphatic heterocycles. The molecule has 4 saturated carbocycles. The zero-order valence-electron chi connectivity index (χ0n) is 21.8. The summed E-state index contributed by atoms with van der Waals surface area (Å²) in [5, 5.41) is 3.31. The predicted octanol–water partition coefficient (Wildman–Crippen LogP) is 4.46. The third kappa shape index (κ3) is 4.33. The van der Waals surface area contributed by atoms with E-state index in [0.29, 0.717) is 32.3 Å². The molecular formula is C30H42N2O4. The number of likely N-dealkylation sites (tertiary alicyclic amines) is 1. The van der Waals surface area contributed by atoms with Crippen molar-refractivity contribution in [2.75, 3.05) is 32.9 Å². The average Bonchev–Trinajstić information content (AvgIpc) is 3.37. The van der Waals surface area contributed by atoms with Crippen molar-refractivity contribution in [2.45, 2.75) is 82.6 Å². The van der Waals surface area contributed by atoms with E-state index in [1.165, 1.54) is 24.8 Å². The lowest BCUT2D eigenvalue weighted by Crippen LogP contribution is -2.57. The monoisotopic (exact) mass is 494 g/mol. The van der Waals surface area contributed by atoms with Gasteiger partial charge in [-0.2, -0.15) is 0 Å². The minimum atomic E-state index is -0.317. The predicted molar refractivity (Wildman–Crippen MR) is 138 cm³/mol. The summed E-state index contributed by atoms with van der Waals surface area (Å²) in [7, 11) is 0. The van der Waals surface area contributed by atoms with Gasteiger partial charge in [-0.1, -0.05) is 12.1 Å². The molecule has 0 radical (unpaired) electrons. The van der Waals surface area contributed by atoms with Crippen LogP contribution in [0.5, 0.6) is 5.75 Å². The Balaban J connectivity index is 1.15. The second-order valence-electron chi connectivity index (χ2n) is 12.4. The molecule has 2 heterocycles. The van der Waals surface area contributed by atoms with Crippen LogP contribution in [0.4, 0.5) is 0 Å². The van der Waals surface area contributed by atoms with E-state index in [1.807, 2.05) is 24.0 Å². The summed E-state index contributed by atoms with van der Waals surface area (Å²) in [4.78, 5) is 29.6. The summed E-state index contributed by atoms with van der Waals surface area (Å²) in [6.07, 6.45) is 10.6. The van der Waals surface area contributed by atoms with Crippen LogP contribution >= 0.6 is 0 Å². The van der Waals surface area contributed by atoms with Crippen LogP contribution in [0, 0.1) is 23.2 Å². The van der Waals surface area contributed by atoms with Gasteiger partial charge < -0.3 is 19.7 Å². The number of ether oxygens (including phenoxy) is 2. The Morgan fingerprint density at radius 3 is 2.28 bits per heavy atom. The Bertz CT molecular complexity index is 932. The lowest BCUT2D eigenvalue weighted by molar-refractivity contribution is -0.160. The molecule has 36 heavy (non-hydrogen) atoms. The Hall–Kier alpha value is -2.08. The standard InChI is InChI=1S/C30H42N2O4/c1-2-36-25-7-5-24(6-8-25)29(9-12-35-13-10-29)20-31-27(33)26-4-3-11-32(26)28(34)30-17-21-14-22(18-30)16-23(15-21)19-30/h5-8,21-23,26H,2-4,9-20H2,1H3,(H,31,33). The number of hydrogen-bond acceptors (Lipinski definition) is 4. The summed E-state index contributed by atoms with van der Waals surface area (Å²) in [6.45, 7) is 5.35. The molecule has 0 aromatic heterocycles. The fraction of sp³-hybridized carbons (Fsp3) is 0.733. The smallest absolute Gasteiger partial charge is 0.242 e. The molecule has 1 aromatic rings. The van der Waals surface area contributed by atoms with Crippen molar-refractivity contribution in [3.8, 4) is 5.75 Å². The highest BCUT2D eigenvalue weighted by Gasteiger charge is 2.56. The lowest BCUT2D eigenvalue weighted by Gasteiger charge is -2.56. The van der Waals surface area contributed by atoms with Crippen LogP contribution in [-0.4, -0.2) is 55.7 Å². The lowest BCUT2D eigenvalue weighted by atomic mass is 9.49. The topological polar surface area (TPSA) is 67.9 Å². The van der Waals surface area contributed by atoms with E-state index in [9.17, 15) is 9.59 Å². The number of nitrogens with zero attached hydrogens (tertiary/aromatic N) is 1. The van der Waals surface area contributed by atoms with Gasteiger partial charge in [-0.25, -0.2) is 0 Å². The van der Waals surface area contributed by atoms with Gasteiger partial charge >= 0.3 is 0 Å². The van der Waals surface area contributed by atoms with Crippen LogP contribution in [0.25, 0.3) is 0 Å². The van der Waals surface area contributed by atoms with Crippen LogP contribution in [0.3, 0.4) is 0 Å². The van der Waals surface area contributed by atoms with E-state index < -0.39 is 0 Å². The maximum atomic E-state index is 14.0. The van der Waals surface area contributed by atoms with Crippen molar-refractivity contribution in [3.63, 3.8) is 0 Å². The number of rotatable bonds is 7. The summed E-state index contributed by atoms with van der Waals surface area (Å²) in [6, 6.07) is 8.02. The van der Waals surface area contributed by atoms with Crippen molar-refractivity contribution in [3.05, 3.63) is 29.8 Å². The van der Waals surface area contributed by atoms with Gasteiger partial charge in [0.15, 0.2) is 0 Å². The maximum Gasteiger partial charge on any atom is 0.242 e. The van der Waals surface area contributed by atoms with E-state index in [-0.39, 0.29) is 22.8 Å². The second kappa shape index (κ2) is 9.66. The number of nitrogens with one attached hydrogen (secondary N) is 1. The van der Waals surface area contributed by atoms with E-state index in [0.717, 1.165) is 75.0 Å². The fourth-order valence-electron chi connectivity index (χ4n) is 8.73. The first-order valence-corrected chi connectivity index (χ1v) is 14.4. The molecule has 4 bridgehead atoms. The van der Waals surface area contributed by atoms with E-state index in [2.05, 4.69) is 17.4 Å². The molecule has 6 nitrogen and oxygen atoms in total. The van der Waals surface area contributed by atoms with Crippen LogP contribution in [-0.2, 0) is 19.7 Å². The third-order valence-electron chi connectivity index (χ3n) is 10.1. The highest BCUT2D eigenvalue weighted by Crippen LogP contribution is 2.60.